The van der Waals surface area contributed by atoms with E-state index in [1.54, 1.807) is 6.08 Å². The van der Waals surface area contributed by atoms with Crippen LogP contribution in [-0.4, -0.2) is 47.4 Å². The Kier molecular flexibility index (Phi) is 75.3. The molecule has 0 heterocycles. The van der Waals surface area contributed by atoms with Gasteiger partial charge in [0.05, 0.1) is 25.4 Å². The Morgan fingerprint density at radius 3 is 0.816 bits per heavy atom. The van der Waals surface area contributed by atoms with Crippen molar-refractivity contribution >= 4 is 11.9 Å². The Labute approximate surface area is 545 Å². The van der Waals surface area contributed by atoms with Crippen LogP contribution in [0.3, 0.4) is 0 Å². The number of nitrogens with one attached hydrogen (secondary N) is 1. The molecule has 0 aliphatic rings. The molecule has 0 saturated heterocycles. The van der Waals surface area contributed by atoms with Gasteiger partial charge < -0.3 is 20.3 Å². The SMILES string of the molecule is CCCCCCCCC/C=C\CCCCCCCC(=O)OCCCCCCCCCCCCCCCCCCCCCCCCCCCCCCCCCCC(=O)NC(CO)C(O)/C=C/CCCCCCCCCCCCCCCCCCCCCC. The number of unbranched alkanes of at least 4 members (excludes halogenated alkanes) is 63. The zero-order valence-electron chi connectivity index (χ0n) is 59.3. The van der Waals surface area contributed by atoms with Crippen molar-refractivity contribution in [1.82, 2.24) is 5.32 Å². The first-order valence-corrected chi connectivity index (χ1v) is 40.1. The molecule has 2 unspecified atom stereocenters. The molecule has 0 saturated carbocycles. The molecule has 3 N–H and O–H groups in total. The van der Waals surface area contributed by atoms with Gasteiger partial charge in [0, 0.05) is 12.8 Å². The maximum atomic E-state index is 12.5. The maximum absolute atomic E-state index is 12.5. The standard InChI is InChI=1S/C81H157NO5/c1-3-5-7-9-11-13-15-17-19-21-22-23-36-39-42-45-49-53-57-61-65-69-73-79(84)78(77-83)82-80(85)74-70-66-62-58-54-50-46-43-40-37-34-32-30-28-26-24-25-27-29-31-33-35-38-41-44-48-52-56-60-64-68-72-76-87-81(86)75-71-67-63-59-55-51-47-20-18-16-14-12-10-8-6-4-2/h20,47,69,73,78-79,83-84H,3-19,21-46,48-68,70-72,74-77H2,1-2H3,(H,82,85)/b47-20-,73-69+. The van der Waals surface area contributed by atoms with E-state index in [4.69, 9.17) is 4.74 Å². The van der Waals surface area contributed by atoms with E-state index < -0.39 is 12.1 Å². The van der Waals surface area contributed by atoms with E-state index in [1.165, 1.54) is 385 Å². The van der Waals surface area contributed by atoms with E-state index in [0.29, 0.717) is 19.4 Å². The number of hydrogen-bond acceptors (Lipinski definition) is 5. The van der Waals surface area contributed by atoms with Crippen molar-refractivity contribution in [3.05, 3.63) is 24.3 Å². The topological polar surface area (TPSA) is 95.9 Å². The Balaban J connectivity index is 3.34. The van der Waals surface area contributed by atoms with Crippen LogP contribution in [0.5, 0.6) is 0 Å². The summed E-state index contributed by atoms with van der Waals surface area (Å²) in [4.78, 5) is 24.6. The lowest BCUT2D eigenvalue weighted by molar-refractivity contribution is -0.143. The second-order valence-corrected chi connectivity index (χ2v) is 27.8. The lowest BCUT2D eigenvalue weighted by Gasteiger charge is -2.20. The molecule has 2 atom stereocenters. The molecule has 0 aromatic heterocycles. The van der Waals surface area contributed by atoms with Crippen LogP contribution in [0.1, 0.15) is 457 Å². The number of hydrogen-bond donors (Lipinski definition) is 3. The first-order chi connectivity index (χ1) is 43.0. The van der Waals surface area contributed by atoms with Gasteiger partial charge in [-0.3, -0.25) is 9.59 Å². The molecule has 6 heteroatoms. The fourth-order valence-electron chi connectivity index (χ4n) is 12.9. The highest BCUT2D eigenvalue weighted by Gasteiger charge is 2.18. The summed E-state index contributed by atoms with van der Waals surface area (Å²) < 4.78 is 5.50. The average Bonchev–Trinajstić information content (AvgIpc) is 3.53. The van der Waals surface area contributed by atoms with E-state index in [-0.39, 0.29) is 18.5 Å². The van der Waals surface area contributed by atoms with Gasteiger partial charge in [0.15, 0.2) is 0 Å². The first-order valence-electron chi connectivity index (χ1n) is 40.1. The number of ether oxygens (including phenoxy) is 1. The van der Waals surface area contributed by atoms with Gasteiger partial charge in [-0.2, -0.15) is 0 Å². The second kappa shape index (κ2) is 76.8. The zero-order chi connectivity index (χ0) is 62.8. The van der Waals surface area contributed by atoms with E-state index in [2.05, 4.69) is 31.3 Å². The Morgan fingerprint density at radius 1 is 0.310 bits per heavy atom. The van der Waals surface area contributed by atoms with Gasteiger partial charge in [0.25, 0.3) is 0 Å². The monoisotopic (exact) mass is 1220 g/mol. The highest BCUT2D eigenvalue weighted by molar-refractivity contribution is 5.76. The van der Waals surface area contributed by atoms with Crippen LogP contribution in [0.15, 0.2) is 24.3 Å². The Bertz CT molecular complexity index is 1360. The minimum atomic E-state index is -0.842. The predicted octanol–water partition coefficient (Wildman–Crippen LogP) is 26.4. The number of rotatable bonds is 76. The number of carbonyl (C=O) groups excluding carboxylic acids is 2. The summed E-state index contributed by atoms with van der Waals surface area (Å²) in [5, 5.41) is 23.3. The molecule has 0 aromatic rings. The van der Waals surface area contributed by atoms with Crippen LogP contribution < -0.4 is 5.32 Å². The largest absolute Gasteiger partial charge is 0.466 e. The maximum Gasteiger partial charge on any atom is 0.305 e. The van der Waals surface area contributed by atoms with E-state index in [1.807, 2.05) is 6.08 Å². The number of esters is 1. The Hall–Kier alpha value is -1.66. The zero-order valence-corrected chi connectivity index (χ0v) is 59.3. The highest BCUT2D eigenvalue weighted by atomic mass is 16.5. The molecule has 516 valence electrons. The van der Waals surface area contributed by atoms with Gasteiger partial charge in [-0.1, -0.05) is 411 Å². The van der Waals surface area contributed by atoms with Gasteiger partial charge in [-0.05, 0) is 57.8 Å². The quantitative estimate of drug-likeness (QED) is 0.0320. The van der Waals surface area contributed by atoms with Crippen molar-refractivity contribution in [2.45, 2.75) is 469 Å². The van der Waals surface area contributed by atoms with Crippen molar-refractivity contribution in [3.63, 3.8) is 0 Å². The van der Waals surface area contributed by atoms with Crippen LogP contribution in [-0.2, 0) is 14.3 Å². The molecule has 0 aliphatic carbocycles. The lowest BCUT2D eigenvalue weighted by atomic mass is 10.0. The predicted molar refractivity (Wildman–Crippen MR) is 384 cm³/mol. The third kappa shape index (κ3) is 73.3. The number of amides is 1. The summed E-state index contributed by atoms with van der Waals surface area (Å²) in [6, 6.07) is -0.625. The van der Waals surface area contributed by atoms with Crippen LogP contribution in [0.2, 0.25) is 0 Å². The molecule has 0 bridgehead atoms. The van der Waals surface area contributed by atoms with E-state index in [0.717, 1.165) is 44.9 Å². The summed E-state index contributed by atoms with van der Waals surface area (Å²) in [6.07, 6.45) is 98.8. The van der Waals surface area contributed by atoms with Gasteiger partial charge in [-0.15, -0.1) is 0 Å². The Morgan fingerprint density at radius 2 is 0.540 bits per heavy atom. The number of allylic oxidation sites excluding steroid dienone is 3. The molecule has 0 aliphatic heterocycles. The number of aliphatic hydroxyl groups is 2. The number of aliphatic hydroxyl groups excluding tert-OH is 2. The third-order valence-electron chi connectivity index (χ3n) is 19.0. The minimum Gasteiger partial charge on any atom is -0.466 e. The molecule has 87 heavy (non-hydrogen) atoms. The van der Waals surface area contributed by atoms with Gasteiger partial charge >= 0.3 is 5.97 Å². The summed E-state index contributed by atoms with van der Waals surface area (Å²) in [5.41, 5.74) is 0. The number of carbonyl (C=O) groups is 2. The van der Waals surface area contributed by atoms with E-state index in [9.17, 15) is 19.8 Å². The summed E-state index contributed by atoms with van der Waals surface area (Å²) in [5.74, 6) is -0.0438. The molecular weight excluding hydrogens is 1070 g/mol. The molecular formula is C81H157NO5. The molecule has 1 amide bonds. The van der Waals surface area contributed by atoms with E-state index >= 15 is 0 Å². The minimum absolute atomic E-state index is 0.0146. The molecule has 0 aromatic carbocycles. The fraction of sp³-hybridized carbons (Fsp3) is 0.926. The smallest absolute Gasteiger partial charge is 0.305 e. The van der Waals surface area contributed by atoms with Crippen molar-refractivity contribution in [2.24, 2.45) is 0 Å². The van der Waals surface area contributed by atoms with Crippen molar-refractivity contribution < 1.29 is 24.5 Å². The molecule has 0 radical (unpaired) electrons. The van der Waals surface area contributed by atoms with Gasteiger partial charge in [-0.25, -0.2) is 0 Å². The molecule has 0 spiro atoms. The van der Waals surface area contributed by atoms with Crippen LogP contribution in [0.25, 0.3) is 0 Å². The van der Waals surface area contributed by atoms with Crippen LogP contribution in [0, 0.1) is 0 Å². The lowest BCUT2D eigenvalue weighted by Crippen LogP contribution is -2.45. The first kappa shape index (κ1) is 85.3. The fourth-order valence-corrected chi connectivity index (χ4v) is 12.9. The molecule has 6 nitrogen and oxygen atoms in total. The normalized spacial score (nSPS) is 12.6. The van der Waals surface area contributed by atoms with Crippen molar-refractivity contribution in [1.29, 1.82) is 0 Å². The summed E-state index contributed by atoms with van der Waals surface area (Å²) in [7, 11) is 0. The van der Waals surface area contributed by atoms with Crippen molar-refractivity contribution in [3.8, 4) is 0 Å². The average molecular weight is 1230 g/mol. The summed E-state index contributed by atoms with van der Waals surface area (Å²) >= 11 is 0. The molecule has 0 fully saturated rings. The third-order valence-corrected chi connectivity index (χ3v) is 19.0. The van der Waals surface area contributed by atoms with Crippen LogP contribution >= 0.6 is 0 Å². The van der Waals surface area contributed by atoms with Gasteiger partial charge in [0.2, 0.25) is 5.91 Å². The second-order valence-electron chi connectivity index (χ2n) is 27.8. The van der Waals surface area contributed by atoms with Gasteiger partial charge in [0.1, 0.15) is 0 Å². The van der Waals surface area contributed by atoms with Crippen LogP contribution in [0.4, 0.5) is 0 Å². The highest BCUT2D eigenvalue weighted by Crippen LogP contribution is 2.20. The van der Waals surface area contributed by atoms with Crippen molar-refractivity contribution in [2.75, 3.05) is 13.2 Å². The summed E-state index contributed by atoms with van der Waals surface area (Å²) in [6.45, 7) is 4.95. The molecule has 0 rings (SSSR count).